The summed E-state index contributed by atoms with van der Waals surface area (Å²) in [6, 6.07) is 5.70. The standard InChI is InChI=1S/C23H28F2N6O3/c1-12(11-32)26-23-30-20-17(31(23)10-14-6-8-16(9-7-14)18(24)25)19(28-21(29-20)22(33)34)27-13(2)15-4-3-5-15/h6-9,12-13,15,18,32H,3-5,10-11H2,1-2H3,(H,33,34)(H2,26,27,28,29,30). The Morgan fingerprint density at radius 2 is 1.85 bits per heavy atom. The minimum Gasteiger partial charge on any atom is -0.475 e. The van der Waals surface area contributed by atoms with Gasteiger partial charge >= 0.3 is 5.97 Å². The van der Waals surface area contributed by atoms with Crippen molar-refractivity contribution in [1.29, 1.82) is 0 Å². The number of carboxylic acids is 1. The summed E-state index contributed by atoms with van der Waals surface area (Å²) in [4.78, 5) is 24.6. The first-order chi connectivity index (χ1) is 16.3. The summed E-state index contributed by atoms with van der Waals surface area (Å²) >= 11 is 0. The molecule has 2 aromatic heterocycles. The number of anilines is 2. The van der Waals surface area contributed by atoms with Crippen LogP contribution in [0.2, 0.25) is 0 Å². The topological polar surface area (TPSA) is 125 Å². The van der Waals surface area contributed by atoms with Crippen LogP contribution in [0, 0.1) is 5.92 Å². The van der Waals surface area contributed by atoms with E-state index in [4.69, 9.17) is 0 Å². The van der Waals surface area contributed by atoms with E-state index >= 15 is 0 Å². The number of aliphatic hydroxyl groups is 1. The molecule has 0 spiro atoms. The summed E-state index contributed by atoms with van der Waals surface area (Å²) in [5.74, 6) is -0.461. The van der Waals surface area contributed by atoms with Crippen molar-refractivity contribution in [2.24, 2.45) is 5.92 Å². The normalized spacial score (nSPS) is 15.8. The van der Waals surface area contributed by atoms with Gasteiger partial charge in [0.25, 0.3) is 6.43 Å². The van der Waals surface area contributed by atoms with Crippen molar-refractivity contribution in [3.63, 3.8) is 0 Å². The number of halogens is 2. The number of hydrogen-bond acceptors (Lipinski definition) is 7. The van der Waals surface area contributed by atoms with Gasteiger partial charge in [0, 0.05) is 17.6 Å². The average Bonchev–Trinajstić information content (AvgIpc) is 3.09. The predicted octanol–water partition coefficient (Wildman–Crippen LogP) is 3.90. The third-order valence-corrected chi connectivity index (χ3v) is 6.24. The lowest BCUT2D eigenvalue weighted by molar-refractivity contribution is 0.0684. The number of benzene rings is 1. The SMILES string of the molecule is CC(CO)Nc1nc2nc(C(=O)O)nc(NC(C)C3CCC3)c2n1Cc1ccc(C(F)F)cc1. The molecule has 11 heteroatoms. The van der Waals surface area contributed by atoms with Crippen molar-refractivity contribution < 1.29 is 23.8 Å². The minimum atomic E-state index is -2.56. The number of aliphatic hydroxyl groups excluding tert-OH is 1. The number of imidazole rings is 1. The quantitative estimate of drug-likeness (QED) is 0.349. The summed E-state index contributed by atoms with van der Waals surface area (Å²) in [6.07, 6.45) is 0.781. The first kappa shape index (κ1) is 23.8. The maximum atomic E-state index is 13.0. The smallest absolute Gasteiger partial charge is 0.374 e. The van der Waals surface area contributed by atoms with Gasteiger partial charge in [0.15, 0.2) is 11.5 Å². The van der Waals surface area contributed by atoms with Gasteiger partial charge in [0.05, 0.1) is 13.2 Å². The zero-order valence-electron chi connectivity index (χ0n) is 19.0. The fraction of sp³-hybridized carbons (Fsp3) is 0.478. The summed E-state index contributed by atoms with van der Waals surface area (Å²) < 4.78 is 27.7. The van der Waals surface area contributed by atoms with E-state index in [1.807, 2.05) is 6.92 Å². The van der Waals surface area contributed by atoms with Gasteiger partial charge in [0.2, 0.25) is 11.8 Å². The molecule has 0 bridgehead atoms. The molecule has 2 atom stereocenters. The zero-order valence-corrected chi connectivity index (χ0v) is 19.0. The van der Waals surface area contributed by atoms with Gasteiger partial charge < -0.3 is 25.4 Å². The minimum absolute atomic E-state index is 0.0648. The first-order valence-electron chi connectivity index (χ1n) is 11.3. The number of rotatable bonds is 10. The molecule has 1 saturated carbocycles. The molecule has 0 radical (unpaired) electrons. The molecule has 1 fully saturated rings. The molecule has 1 aromatic carbocycles. The molecule has 1 aliphatic rings. The highest BCUT2D eigenvalue weighted by molar-refractivity contribution is 5.91. The molecule has 2 heterocycles. The molecular formula is C23H28F2N6O3. The summed E-state index contributed by atoms with van der Waals surface area (Å²) in [7, 11) is 0. The van der Waals surface area contributed by atoms with E-state index in [0.717, 1.165) is 24.8 Å². The van der Waals surface area contributed by atoms with E-state index in [1.165, 1.54) is 12.1 Å². The van der Waals surface area contributed by atoms with E-state index in [9.17, 15) is 23.8 Å². The molecule has 1 aliphatic carbocycles. The Bertz CT molecular complexity index is 1160. The molecule has 34 heavy (non-hydrogen) atoms. The number of aromatic carboxylic acids is 1. The molecular weight excluding hydrogens is 446 g/mol. The average molecular weight is 475 g/mol. The maximum absolute atomic E-state index is 13.0. The van der Waals surface area contributed by atoms with Crippen LogP contribution >= 0.6 is 0 Å². The Labute approximate surface area is 195 Å². The highest BCUT2D eigenvalue weighted by atomic mass is 19.3. The lowest BCUT2D eigenvalue weighted by Gasteiger charge is -2.32. The molecule has 3 aromatic rings. The van der Waals surface area contributed by atoms with Crippen LogP contribution in [-0.2, 0) is 6.54 Å². The highest BCUT2D eigenvalue weighted by Crippen LogP contribution is 2.33. The van der Waals surface area contributed by atoms with Crippen LogP contribution in [0.15, 0.2) is 24.3 Å². The Hall–Kier alpha value is -3.34. The number of hydrogen-bond donors (Lipinski definition) is 4. The molecule has 0 amide bonds. The summed E-state index contributed by atoms with van der Waals surface area (Å²) in [6.45, 7) is 3.91. The van der Waals surface area contributed by atoms with Crippen LogP contribution in [0.3, 0.4) is 0 Å². The van der Waals surface area contributed by atoms with Crippen molar-refractivity contribution in [2.75, 3.05) is 17.2 Å². The molecule has 2 unspecified atom stereocenters. The van der Waals surface area contributed by atoms with Crippen molar-refractivity contribution >= 4 is 28.9 Å². The highest BCUT2D eigenvalue weighted by Gasteiger charge is 2.27. The number of nitrogens with one attached hydrogen (secondary N) is 2. The largest absolute Gasteiger partial charge is 0.475 e. The van der Waals surface area contributed by atoms with E-state index in [-0.39, 0.29) is 42.3 Å². The van der Waals surface area contributed by atoms with Gasteiger partial charge in [-0.3, -0.25) is 0 Å². The molecule has 0 aliphatic heterocycles. The number of nitrogens with zero attached hydrogens (tertiary/aromatic N) is 4. The lowest BCUT2D eigenvalue weighted by atomic mass is 9.80. The van der Waals surface area contributed by atoms with Crippen molar-refractivity contribution in [1.82, 2.24) is 19.5 Å². The fourth-order valence-electron chi connectivity index (χ4n) is 3.99. The van der Waals surface area contributed by atoms with E-state index in [2.05, 4.69) is 25.6 Å². The van der Waals surface area contributed by atoms with Gasteiger partial charge in [0.1, 0.15) is 5.52 Å². The third kappa shape index (κ3) is 4.93. The Kier molecular flexibility index (Phi) is 6.92. The number of aromatic nitrogens is 4. The van der Waals surface area contributed by atoms with Crippen LogP contribution in [0.4, 0.5) is 20.5 Å². The summed E-state index contributed by atoms with van der Waals surface area (Å²) in [5.41, 5.74) is 1.36. The fourth-order valence-corrected chi connectivity index (χ4v) is 3.99. The van der Waals surface area contributed by atoms with Crippen LogP contribution in [0.5, 0.6) is 0 Å². The third-order valence-electron chi connectivity index (χ3n) is 6.24. The van der Waals surface area contributed by atoms with Gasteiger partial charge in [-0.15, -0.1) is 0 Å². The van der Waals surface area contributed by atoms with Gasteiger partial charge in [-0.05, 0) is 38.2 Å². The Morgan fingerprint density at radius 1 is 1.15 bits per heavy atom. The molecule has 0 saturated heterocycles. The van der Waals surface area contributed by atoms with Crippen LogP contribution < -0.4 is 10.6 Å². The number of alkyl halides is 2. The zero-order chi connectivity index (χ0) is 24.4. The van der Waals surface area contributed by atoms with Crippen LogP contribution in [-0.4, -0.2) is 54.4 Å². The first-order valence-corrected chi connectivity index (χ1v) is 11.3. The van der Waals surface area contributed by atoms with Crippen molar-refractivity contribution in [2.45, 2.75) is 58.2 Å². The molecule has 9 nitrogen and oxygen atoms in total. The molecule has 4 rings (SSSR count). The second-order valence-electron chi connectivity index (χ2n) is 8.79. The van der Waals surface area contributed by atoms with Crippen molar-refractivity contribution in [3.8, 4) is 0 Å². The maximum Gasteiger partial charge on any atom is 0.374 e. The monoisotopic (exact) mass is 474 g/mol. The second-order valence-corrected chi connectivity index (χ2v) is 8.79. The molecule has 182 valence electrons. The van der Waals surface area contributed by atoms with Crippen LogP contribution in [0.25, 0.3) is 11.2 Å². The number of fused-ring (bicyclic) bond motifs is 1. The Morgan fingerprint density at radius 3 is 2.41 bits per heavy atom. The molecule has 4 N–H and O–H groups in total. The van der Waals surface area contributed by atoms with E-state index < -0.39 is 12.4 Å². The number of carbonyl (C=O) groups is 1. The van der Waals surface area contributed by atoms with Gasteiger partial charge in [-0.2, -0.15) is 4.98 Å². The number of carboxylic acid groups (broad SMARTS) is 1. The lowest BCUT2D eigenvalue weighted by Crippen LogP contribution is -2.31. The summed E-state index contributed by atoms with van der Waals surface area (Å²) in [5, 5.41) is 25.5. The second kappa shape index (κ2) is 9.88. The van der Waals surface area contributed by atoms with E-state index in [0.29, 0.717) is 23.2 Å². The van der Waals surface area contributed by atoms with Gasteiger partial charge in [-0.1, -0.05) is 30.7 Å². The predicted molar refractivity (Wildman–Crippen MR) is 123 cm³/mol. The van der Waals surface area contributed by atoms with Crippen molar-refractivity contribution in [3.05, 3.63) is 41.2 Å². The van der Waals surface area contributed by atoms with E-state index in [1.54, 1.807) is 23.6 Å². The van der Waals surface area contributed by atoms with Crippen LogP contribution in [0.1, 0.15) is 61.3 Å². The Balaban J connectivity index is 1.81. The van der Waals surface area contributed by atoms with Gasteiger partial charge in [-0.25, -0.2) is 23.5 Å².